The van der Waals surface area contributed by atoms with Gasteiger partial charge in [0.05, 0.1) is 17.8 Å². The van der Waals surface area contributed by atoms with E-state index in [1.807, 2.05) is 30.3 Å². The van der Waals surface area contributed by atoms with E-state index >= 15 is 0 Å². The molecule has 0 saturated carbocycles. The quantitative estimate of drug-likeness (QED) is 0.668. The Labute approximate surface area is 159 Å². The normalized spacial score (nSPS) is 13.0. The molecular formula is C19H14ClN3O2S. The summed E-state index contributed by atoms with van der Waals surface area (Å²) in [5, 5.41) is 4.59. The van der Waals surface area contributed by atoms with Crippen molar-refractivity contribution in [3.05, 3.63) is 64.3 Å². The number of thiophene rings is 1. The Hall–Kier alpha value is -2.70. The number of aldehydes is 1. The number of aromatic nitrogens is 1. The van der Waals surface area contributed by atoms with Crippen LogP contribution in [0.1, 0.15) is 26.4 Å². The summed E-state index contributed by atoms with van der Waals surface area (Å²) in [6.07, 6.45) is 0.822. The molecule has 26 heavy (non-hydrogen) atoms. The summed E-state index contributed by atoms with van der Waals surface area (Å²) in [6.45, 7) is 0.491. The molecule has 1 aliphatic rings. The van der Waals surface area contributed by atoms with Crippen molar-refractivity contribution in [2.24, 2.45) is 0 Å². The van der Waals surface area contributed by atoms with Gasteiger partial charge in [-0.3, -0.25) is 9.59 Å². The van der Waals surface area contributed by atoms with E-state index in [0.717, 1.165) is 27.4 Å². The smallest absolute Gasteiger partial charge is 0.255 e. The second-order valence-corrected chi connectivity index (χ2v) is 7.49. The zero-order valence-electron chi connectivity index (χ0n) is 13.8. The molecule has 0 spiro atoms. The van der Waals surface area contributed by atoms with Crippen LogP contribution in [0.3, 0.4) is 0 Å². The topological polar surface area (TPSA) is 62.3 Å². The van der Waals surface area contributed by atoms with Crippen LogP contribution in [-0.4, -0.2) is 29.1 Å². The van der Waals surface area contributed by atoms with E-state index in [1.54, 1.807) is 24.1 Å². The minimum Gasteiger partial charge on any atom is -0.336 e. The second-order valence-electron chi connectivity index (χ2n) is 6.00. The third-order valence-corrected chi connectivity index (χ3v) is 5.56. The van der Waals surface area contributed by atoms with Crippen LogP contribution in [0.2, 0.25) is 5.02 Å². The number of carbonyl (C=O) groups excluding carboxylic acids is 2. The monoisotopic (exact) mass is 383 g/mol. The standard InChI is InChI=1S/C19H14ClN3O2S/c1-23-9-15-14(19(23)25)6-7-17(21-15)22-18-12(10-24)8-16(26-18)11-2-4-13(20)5-3-11/h2-8,10H,9H2,1H3,(H,21,22). The third kappa shape index (κ3) is 2.98. The summed E-state index contributed by atoms with van der Waals surface area (Å²) in [5.41, 5.74) is 2.92. The minimum atomic E-state index is -0.0196. The molecule has 0 saturated heterocycles. The zero-order valence-corrected chi connectivity index (χ0v) is 15.4. The molecule has 0 aliphatic carbocycles. The van der Waals surface area contributed by atoms with Gasteiger partial charge in [-0.25, -0.2) is 4.98 Å². The van der Waals surface area contributed by atoms with Gasteiger partial charge in [-0.05, 0) is 35.9 Å². The number of anilines is 2. The highest BCUT2D eigenvalue weighted by Gasteiger charge is 2.25. The molecule has 0 fully saturated rings. The second kappa shape index (κ2) is 6.55. The number of hydrogen-bond acceptors (Lipinski definition) is 5. The van der Waals surface area contributed by atoms with E-state index in [9.17, 15) is 9.59 Å². The van der Waals surface area contributed by atoms with Crippen LogP contribution in [-0.2, 0) is 6.54 Å². The highest BCUT2D eigenvalue weighted by Crippen LogP contribution is 2.36. The summed E-state index contributed by atoms with van der Waals surface area (Å²) < 4.78 is 0. The van der Waals surface area contributed by atoms with Crippen molar-refractivity contribution < 1.29 is 9.59 Å². The van der Waals surface area contributed by atoms with Crippen LogP contribution in [0.15, 0.2) is 42.5 Å². The van der Waals surface area contributed by atoms with Crippen molar-refractivity contribution >= 4 is 46.0 Å². The summed E-state index contributed by atoms with van der Waals surface area (Å²) in [5.74, 6) is 0.591. The molecule has 130 valence electrons. The lowest BCUT2D eigenvalue weighted by molar-refractivity contribution is 0.0816. The highest BCUT2D eigenvalue weighted by molar-refractivity contribution is 7.19. The molecule has 4 rings (SSSR count). The first-order valence-corrected chi connectivity index (χ1v) is 9.12. The largest absolute Gasteiger partial charge is 0.336 e. The number of amides is 1. The lowest BCUT2D eigenvalue weighted by Crippen LogP contribution is -2.17. The molecule has 0 bridgehead atoms. The maximum absolute atomic E-state index is 12.0. The fourth-order valence-electron chi connectivity index (χ4n) is 2.85. The van der Waals surface area contributed by atoms with Gasteiger partial charge in [0.15, 0.2) is 6.29 Å². The number of halogens is 1. The van der Waals surface area contributed by atoms with E-state index < -0.39 is 0 Å². The molecule has 7 heteroatoms. The van der Waals surface area contributed by atoms with Gasteiger partial charge in [-0.2, -0.15) is 0 Å². The van der Waals surface area contributed by atoms with Crippen molar-refractivity contribution in [2.75, 3.05) is 12.4 Å². The predicted molar refractivity (Wildman–Crippen MR) is 103 cm³/mol. The first-order chi connectivity index (χ1) is 12.5. The minimum absolute atomic E-state index is 0.0196. The van der Waals surface area contributed by atoms with Gasteiger partial charge >= 0.3 is 0 Å². The van der Waals surface area contributed by atoms with E-state index in [1.165, 1.54) is 11.3 Å². The molecule has 2 aromatic heterocycles. The lowest BCUT2D eigenvalue weighted by Gasteiger charge is -2.05. The third-order valence-electron chi connectivity index (χ3n) is 4.20. The van der Waals surface area contributed by atoms with Gasteiger partial charge in [-0.1, -0.05) is 23.7 Å². The number of nitrogens with one attached hydrogen (secondary N) is 1. The molecule has 1 amide bonds. The van der Waals surface area contributed by atoms with Gasteiger partial charge in [0, 0.05) is 22.5 Å². The van der Waals surface area contributed by atoms with Crippen LogP contribution >= 0.6 is 22.9 Å². The predicted octanol–water partition coefficient (Wildman–Crippen LogP) is 4.61. The van der Waals surface area contributed by atoms with Crippen molar-refractivity contribution in [1.29, 1.82) is 0 Å². The maximum Gasteiger partial charge on any atom is 0.255 e. The fraction of sp³-hybridized carbons (Fsp3) is 0.105. The van der Waals surface area contributed by atoms with Gasteiger partial charge < -0.3 is 10.2 Å². The van der Waals surface area contributed by atoms with Crippen LogP contribution in [0.5, 0.6) is 0 Å². The lowest BCUT2D eigenvalue weighted by atomic mass is 10.2. The molecule has 3 heterocycles. The Balaban J connectivity index is 1.65. The van der Waals surface area contributed by atoms with Gasteiger partial charge in [0.25, 0.3) is 5.91 Å². The summed E-state index contributed by atoms with van der Waals surface area (Å²) in [7, 11) is 1.75. The summed E-state index contributed by atoms with van der Waals surface area (Å²) in [6, 6.07) is 12.8. The Morgan fingerprint density at radius 3 is 2.73 bits per heavy atom. The average molecular weight is 384 g/mol. The van der Waals surface area contributed by atoms with E-state index in [-0.39, 0.29) is 5.91 Å². The van der Waals surface area contributed by atoms with Crippen LogP contribution in [0.25, 0.3) is 10.4 Å². The average Bonchev–Trinajstić information content (AvgIpc) is 3.16. The summed E-state index contributed by atoms with van der Waals surface area (Å²) in [4.78, 5) is 30.5. The van der Waals surface area contributed by atoms with E-state index in [2.05, 4.69) is 10.3 Å². The highest BCUT2D eigenvalue weighted by atomic mass is 35.5. The molecule has 5 nitrogen and oxygen atoms in total. The van der Waals surface area contributed by atoms with E-state index in [4.69, 9.17) is 11.6 Å². The molecule has 1 N–H and O–H groups in total. The number of hydrogen-bond donors (Lipinski definition) is 1. The molecular weight excluding hydrogens is 370 g/mol. The Bertz CT molecular complexity index is 1010. The molecule has 0 unspecified atom stereocenters. The summed E-state index contributed by atoms with van der Waals surface area (Å²) >= 11 is 7.41. The number of rotatable bonds is 4. The fourth-order valence-corrected chi connectivity index (χ4v) is 4.02. The zero-order chi connectivity index (χ0) is 18.3. The van der Waals surface area contributed by atoms with Crippen LogP contribution in [0, 0.1) is 0 Å². The number of pyridine rings is 1. The molecule has 3 aromatic rings. The SMILES string of the molecule is CN1Cc2nc(Nc3sc(-c4ccc(Cl)cc4)cc3C=O)ccc2C1=O. The molecule has 1 aliphatic heterocycles. The molecule has 0 radical (unpaired) electrons. The van der Waals surface area contributed by atoms with Crippen LogP contribution in [0.4, 0.5) is 10.8 Å². The van der Waals surface area contributed by atoms with Crippen molar-refractivity contribution in [3.8, 4) is 10.4 Å². The Kier molecular flexibility index (Phi) is 4.22. The van der Waals surface area contributed by atoms with E-state index in [0.29, 0.717) is 28.5 Å². The van der Waals surface area contributed by atoms with Crippen molar-refractivity contribution in [3.63, 3.8) is 0 Å². The maximum atomic E-state index is 12.0. The number of carbonyl (C=O) groups is 2. The van der Waals surface area contributed by atoms with Crippen molar-refractivity contribution in [1.82, 2.24) is 9.88 Å². The first-order valence-electron chi connectivity index (χ1n) is 7.92. The number of benzene rings is 1. The first kappa shape index (κ1) is 16.8. The molecule has 0 atom stereocenters. The Morgan fingerprint density at radius 1 is 1.23 bits per heavy atom. The van der Waals surface area contributed by atoms with Gasteiger partial charge in [0.2, 0.25) is 0 Å². The molecule has 1 aromatic carbocycles. The van der Waals surface area contributed by atoms with Crippen LogP contribution < -0.4 is 5.32 Å². The van der Waals surface area contributed by atoms with Gasteiger partial charge in [0.1, 0.15) is 10.8 Å². The van der Waals surface area contributed by atoms with Crippen molar-refractivity contribution in [2.45, 2.75) is 6.54 Å². The Morgan fingerprint density at radius 2 is 2.00 bits per heavy atom. The van der Waals surface area contributed by atoms with Gasteiger partial charge in [-0.15, -0.1) is 11.3 Å². The number of fused-ring (bicyclic) bond motifs is 1. The number of nitrogens with zero attached hydrogens (tertiary/aromatic N) is 2.